The summed E-state index contributed by atoms with van der Waals surface area (Å²) in [5, 5.41) is 2.73. The molecule has 2 rings (SSSR count). The Morgan fingerprint density at radius 3 is 2.44 bits per heavy atom. The molecule has 1 aromatic carbocycles. The number of ether oxygens (including phenoxy) is 2. The molecule has 0 saturated carbocycles. The van der Waals surface area contributed by atoms with E-state index in [0.717, 1.165) is 5.75 Å². The Labute approximate surface area is 159 Å². The summed E-state index contributed by atoms with van der Waals surface area (Å²) in [6.45, 7) is 2.25. The van der Waals surface area contributed by atoms with Gasteiger partial charge in [-0.2, -0.15) is 0 Å². The van der Waals surface area contributed by atoms with E-state index in [-0.39, 0.29) is 42.3 Å². The minimum absolute atomic E-state index is 0.0239. The lowest BCUT2D eigenvalue weighted by Gasteiger charge is -2.26. The van der Waals surface area contributed by atoms with E-state index in [2.05, 4.69) is 5.32 Å². The number of rotatable bonds is 9. The van der Waals surface area contributed by atoms with Crippen LogP contribution < -0.4 is 14.8 Å². The van der Waals surface area contributed by atoms with Crippen molar-refractivity contribution >= 4 is 21.7 Å². The van der Waals surface area contributed by atoms with Gasteiger partial charge in [-0.15, -0.1) is 0 Å². The first-order chi connectivity index (χ1) is 12.8. The molecule has 2 amide bonds. The summed E-state index contributed by atoms with van der Waals surface area (Å²) in [7, 11) is -1.49. The van der Waals surface area contributed by atoms with Gasteiger partial charge in [0.1, 0.15) is 18.1 Å². The van der Waals surface area contributed by atoms with Crippen LogP contribution in [0.1, 0.15) is 19.8 Å². The fourth-order valence-electron chi connectivity index (χ4n) is 2.96. The molecule has 1 saturated heterocycles. The normalized spacial score (nSPS) is 17.9. The Hall–Kier alpha value is -2.29. The topological polar surface area (TPSA) is 102 Å². The van der Waals surface area contributed by atoms with E-state index >= 15 is 0 Å². The number of nitrogens with zero attached hydrogens (tertiary/aromatic N) is 1. The summed E-state index contributed by atoms with van der Waals surface area (Å²) in [4.78, 5) is 25.2. The molecule has 1 aliphatic heterocycles. The van der Waals surface area contributed by atoms with Crippen molar-refractivity contribution in [1.82, 2.24) is 10.2 Å². The van der Waals surface area contributed by atoms with Crippen LogP contribution in [0.25, 0.3) is 0 Å². The number of sulfone groups is 1. The predicted molar refractivity (Wildman–Crippen MR) is 101 cm³/mol. The lowest BCUT2D eigenvalue weighted by molar-refractivity contribution is -0.131. The van der Waals surface area contributed by atoms with Crippen LogP contribution in [0.2, 0.25) is 0 Å². The molecule has 1 heterocycles. The number of nitrogens with one attached hydrogen (secondary N) is 1. The molecule has 0 bridgehead atoms. The highest BCUT2D eigenvalue weighted by Gasteiger charge is 2.33. The zero-order valence-electron chi connectivity index (χ0n) is 15.6. The summed E-state index contributed by atoms with van der Waals surface area (Å²) in [5.41, 5.74) is 0. The van der Waals surface area contributed by atoms with Crippen LogP contribution in [0.5, 0.6) is 11.5 Å². The highest BCUT2D eigenvalue weighted by molar-refractivity contribution is 7.91. The van der Waals surface area contributed by atoms with Crippen LogP contribution in [0.3, 0.4) is 0 Å². The summed E-state index contributed by atoms with van der Waals surface area (Å²) in [6, 6.07) is 6.79. The SMILES string of the molecule is COc1ccc(OCCNC(=O)CCN(C(C)=O)C2CCS(=O)(=O)C2)cc1. The van der Waals surface area contributed by atoms with Gasteiger partial charge >= 0.3 is 0 Å². The fraction of sp³-hybridized carbons (Fsp3) is 0.556. The van der Waals surface area contributed by atoms with Crippen molar-refractivity contribution < 1.29 is 27.5 Å². The zero-order chi connectivity index (χ0) is 19.9. The van der Waals surface area contributed by atoms with Gasteiger partial charge in [-0.1, -0.05) is 0 Å². The summed E-state index contributed by atoms with van der Waals surface area (Å²) < 4.78 is 33.8. The zero-order valence-corrected chi connectivity index (χ0v) is 16.5. The molecule has 9 heteroatoms. The molecule has 1 N–H and O–H groups in total. The third-order valence-corrected chi connectivity index (χ3v) is 6.14. The number of amides is 2. The van der Waals surface area contributed by atoms with Crippen molar-refractivity contribution in [3.05, 3.63) is 24.3 Å². The van der Waals surface area contributed by atoms with Crippen molar-refractivity contribution in [2.45, 2.75) is 25.8 Å². The maximum absolute atomic E-state index is 12.0. The van der Waals surface area contributed by atoms with Gasteiger partial charge in [0.15, 0.2) is 9.84 Å². The lowest BCUT2D eigenvalue weighted by atomic mass is 10.2. The Morgan fingerprint density at radius 2 is 1.89 bits per heavy atom. The van der Waals surface area contributed by atoms with Gasteiger partial charge in [-0.3, -0.25) is 9.59 Å². The Kier molecular flexibility index (Phi) is 7.46. The number of carbonyl (C=O) groups excluding carboxylic acids is 2. The first-order valence-corrected chi connectivity index (χ1v) is 10.6. The highest BCUT2D eigenvalue weighted by Crippen LogP contribution is 2.18. The first kappa shape index (κ1) is 21.0. The molecule has 1 unspecified atom stereocenters. The predicted octanol–water partition coefficient (Wildman–Crippen LogP) is 0.616. The van der Waals surface area contributed by atoms with Gasteiger partial charge in [0.2, 0.25) is 11.8 Å². The molecule has 0 aliphatic carbocycles. The smallest absolute Gasteiger partial charge is 0.221 e. The Balaban J connectivity index is 1.69. The van der Waals surface area contributed by atoms with Crippen molar-refractivity contribution in [1.29, 1.82) is 0 Å². The molecule has 0 spiro atoms. The third kappa shape index (κ3) is 6.74. The Morgan fingerprint density at radius 1 is 1.22 bits per heavy atom. The molecule has 0 aromatic heterocycles. The monoisotopic (exact) mass is 398 g/mol. The van der Waals surface area contributed by atoms with Gasteiger partial charge in [0, 0.05) is 25.9 Å². The van der Waals surface area contributed by atoms with E-state index in [0.29, 0.717) is 25.3 Å². The quantitative estimate of drug-likeness (QED) is 0.612. The van der Waals surface area contributed by atoms with E-state index in [1.165, 1.54) is 11.8 Å². The number of hydrogen-bond acceptors (Lipinski definition) is 6. The van der Waals surface area contributed by atoms with E-state index in [1.54, 1.807) is 31.4 Å². The van der Waals surface area contributed by atoms with Crippen molar-refractivity contribution in [2.24, 2.45) is 0 Å². The van der Waals surface area contributed by atoms with Gasteiger partial charge in [-0.25, -0.2) is 8.42 Å². The van der Waals surface area contributed by atoms with Crippen LogP contribution in [0.15, 0.2) is 24.3 Å². The molecular formula is C18H26N2O6S. The Bertz CT molecular complexity index is 748. The van der Waals surface area contributed by atoms with E-state index < -0.39 is 9.84 Å². The van der Waals surface area contributed by atoms with Crippen LogP contribution in [0.4, 0.5) is 0 Å². The molecular weight excluding hydrogens is 372 g/mol. The molecule has 0 radical (unpaired) electrons. The molecule has 1 atom stereocenters. The number of methoxy groups -OCH3 is 1. The van der Waals surface area contributed by atoms with Crippen molar-refractivity contribution in [2.75, 3.05) is 38.3 Å². The van der Waals surface area contributed by atoms with E-state index in [1.807, 2.05) is 0 Å². The van der Waals surface area contributed by atoms with E-state index in [4.69, 9.17) is 9.47 Å². The largest absolute Gasteiger partial charge is 0.497 e. The van der Waals surface area contributed by atoms with Crippen LogP contribution >= 0.6 is 0 Å². The number of hydrogen-bond donors (Lipinski definition) is 1. The molecule has 1 aromatic rings. The number of benzene rings is 1. The van der Waals surface area contributed by atoms with Gasteiger partial charge in [0.05, 0.1) is 25.2 Å². The molecule has 1 fully saturated rings. The van der Waals surface area contributed by atoms with E-state index in [9.17, 15) is 18.0 Å². The van der Waals surface area contributed by atoms with Gasteiger partial charge in [0.25, 0.3) is 0 Å². The molecule has 8 nitrogen and oxygen atoms in total. The van der Waals surface area contributed by atoms with Crippen molar-refractivity contribution in [3.63, 3.8) is 0 Å². The van der Waals surface area contributed by atoms with Crippen LogP contribution in [0, 0.1) is 0 Å². The maximum Gasteiger partial charge on any atom is 0.221 e. The average molecular weight is 398 g/mol. The second-order valence-electron chi connectivity index (χ2n) is 6.39. The first-order valence-electron chi connectivity index (χ1n) is 8.82. The highest BCUT2D eigenvalue weighted by atomic mass is 32.2. The van der Waals surface area contributed by atoms with Gasteiger partial charge in [-0.05, 0) is 30.7 Å². The standard InChI is InChI=1S/C18H26N2O6S/c1-14(21)20(15-8-12-27(23,24)13-15)10-7-18(22)19-9-11-26-17-5-3-16(25-2)4-6-17/h3-6,15H,7-13H2,1-2H3,(H,19,22). The summed E-state index contributed by atoms with van der Waals surface area (Å²) in [5.74, 6) is 1.06. The second kappa shape index (κ2) is 9.59. The summed E-state index contributed by atoms with van der Waals surface area (Å²) in [6.07, 6.45) is 0.553. The lowest BCUT2D eigenvalue weighted by Crippen LogP contribution is -2.42. The fourth-order valence-corrected chi connectivity index (χ4v) is 4.69. The van der Waals surface area contributed by atoms with Crippen LogP contribution in [-0.2, 0) is 19.4 Å². The summed E-state index contributed by atoms with van der Waals surface area (Å²) >= 11 is 0. The van der Waals surface area contributed by atoms with Gasteiger partial charge < -0.3 is 19.7 Å². The molecule has 1 aliphatic rings. The minimum atomic E-state index is -3.08. The van der Waals surface area contributed by atoms with Crippen LogP contribution in [-0.4, -0.2) is 69.5 Å². The molecule has 27 heavy (non-hydrogen) atoms. The minimum Gasteiger partial charge on any atom is -0.497 e. The second-order valence-corrected chi connectivity index (χ2v) is 8.62. The van der Waals surface area contributed by atoms with Crippen molar-refractivity contribution in [3.8, 4) is 11.5 Å². The average Bonchev–Trinajstić information content (AvgIpc) is 2.98. The maximum atomic E-state index is 12.0. The number of carbonyl (C=O) groups is 2. The molecule has 150 valence electrons. The third-order valence-electron chi connectivity index (χ3n) is 4.39.